The molecular weight excluding hydrogens is 178 g/mol. The second kappa shape index (κ2) is 4.50. The van der Waals surface area contributed by atoms with Crippen LogP contribution in [-0.2, 0) is 4.79 Å². The first-order chi connectivity index (χ1) is 6.63. The van der Waals surface area contributed by atoms with Crippen molar-refractivity contribution >= 4 is 17.3 Å². The summed E-state index contributed by atoms with van der Waals surface area (Å²) in [6.07, 6.45) is 3.22. The van der Waals surface area contributed by atoms with E-state index in [9.17, 15) is 4.79 Å². The highest BCUT2D eigenvalue weighted by Crippen LogP contribution is 2.11. The van der Waals surface area contributed by atoms with E-state index >= 15 is 0 Å². The third-order valence-electron chi connectivity index (χ3n) is 1.70. The Hall–Kier alpha value is -1.71. The molecule has 0 aliphatic carbocycles. The van der Waals surface area contributed by atoms with Crippen LogP contribution >= 0.6 is 0 Å². The van der Waals surface area contributed by atoms with E-state index in [2.05, 4.69) is 15.3 Å². The number of nitrogens with one attached hydrogen (secondary N) is 1. The minimum absolute atomic E-state index is 0.0205. The van der Waals surface area contributed by atoms with Gasteiger partial charge in [0, 0.05) is 13.2 Å². The van der Waals surface area contributed by atoms with E-state index in [-0.39, 0.29) is 5.78 Å². The van der Waals surface area contributed by atoms with E-state index in [1.807, 2.05) is 6.92 Å². The number of carbonyl (C=O) groups excluding carboxylic acids is 1. The Morgan fingerprint density at radius 1 is 1.50 bits per heavy atom. The van der Waals surface area contributed by atoms with E-state index in [1.54, 1.807) is 25.4 Å². The van der Waals surface area contributed by atoms with E-state index in [4.69, 9.17) is 0 Å². The lowest BCUT2D eigenvalue weighted by Crippen LogP contribution is -1.98. The van der Waals surface area contributed by atoms with Crippen molar-refractivity contribution in [2.45, 2.75) is 13.8 Å². The largest absolute Gasteiger partial charge is 0.357 e. The number of allylic oxidation sites excluding steroid dienone is 2. The molecule has 0 saturated carbocycles. The van der Waals surface area contributed by atoms with Gasteiger partial charge in [-0.15, -0.1) is 0 Å². The highest BCUT2D eigenvalue weighted by molar-refractivity contribution is 5.94. The Morgan fingerprint density at radius 2 is 2.21 bits per heavy atom. The van der Waals surface area contributed by atoms with Crippen molar-refractivity contribution in [1.82, 2.24) is 9.97 Å². The zero-order chi connectivity index (χ0) is 10.6. The molecule has 0 aromatic carbocycles. The molecule has 1 N–H and O–H groups in total. The summed E-state index contributed by atoms with van der Waals surface area (Å²) < 4.78 is 0. The first-order valence-corrected chi connectivity index (χ1v) is 4.33. The Balaban J connectivity index is 3.01. The molecule has 0 unspecified atom stereocenters. The van der Waals surface area contributed by atoms with Crippen molar-refractivity contribution in [3.63, 3.8) is 0 Å². The number of hydrogen-bond donors (Lipinski definition) is 1. The minimum atomic E-state index is 0.0205. The van der Waals surface area contributed by atoms with Gasteiger partial charge in [0.05, 0.1) is 5.69 Å². The molecule has 0 bridgehead atoms. The van der Waals surface area contributed by atoms with Gasteiger partial charge in [0.1, 0.15) is 0 Å². The van der Waals surface area contributed by atoms with Crippen LogP contribution in [0.15, 0.2) is 18.3 Å². The molecule has 0 radical (unpaired) electrons. The fourth-order valence-corrected chi connectivity index (χ4v) is 1.08. The van der Waals surface area contributed by atoms with Gasteiger partial charge in [-0.2, -0.15) is 0 Å². The number of nitrogens with zero attached hydrogens (tertiary/aromatic N) is 2. The molecule has 1 rings (SSSR count). The highest BCUT2D eigenvalue weighted by atomic mass is 16.1. The number of hydrogen-bond acceptors (Lipinski definition) is 4. The molecule has 0 fully saturated rings. The molecule has 1 aromatic heterocycles. The van der Waals surface area contributed by atoms with Crippen molar-refractivity contribution in [2.75, 3.05) is 12.4 Å². The van der Waals surface area contributed by atoms with Crippen LogP contribution in [-0.4, -0.2) is 22.8 Å². The first kappa shape index (κ1) is 10.4. The standard InChI is InChI=1S/C10H13N3O/c1-7(6-8(2)14)9-4-5-12-10(11-3)13-9/h4-6H,1-3H3,(H,11,12,13). The summed E-state index contributed by atoms with van der Waals surface area (Å²) >= 11 is 0. The van der Waals surface area contributed by atoms with Gasteiger partial charge in [-0.05, 0) is 31.6 Å². The second-order valence-corrected chi connectivity index (χ2v) is 2.95. The molecule has 1 heterocycles. The number of carbonyl (C=O) groups is 1. The van der Waals surface area contributed by atoms with E-state index < -0.39 is 0 Å². The van der Waals surface area contributed by atoms with Crippen molar-refractivity contribution in [2.24, 2.45) is 0 Å². The maximum absolute atomic E-state index is 10.8. The Morgan fingerprint density at radius 3 is 2.79 bits per heavy atom. The number of rotatable bonds is 3. The molecule has 1 aromatic rings. The van der Waals surface area contributed by atoms with Gasteiger partial charge in [-0.25, -0.2) is 9.97 Å². The maximum atomic E-state index is 10.8. The number of anilines is 1. The van der Waals surface area contributed by atoms with Crippen molar-refractivity contribution < 1.29 is 4.79 Å². The van der Waals surface area contributed by atoms with Crippen molar-refractivity contribution in [3.05, 3.63) is 24.0 Å². The molecule has 4 nitrogen and oxygen atoms in total. The molecule has 0 aliphatic heterocycles. The van der Waals surface area contributed by atoms with Crippen LogP contribution in [0.25, 0.3) is 5.57 Å². The topological polar surface area (TPSA) is 54.9 Å². The van der Waals surface area contributed by atoms with Gasteiger partial charge in [0.15, 0.2) is 5.78 Å². The first-order valence-electron chi connectivity index (χ1n) is 4.33. The lowest BCUT2D eigenvalue weighted by molar-refractivity contribution is -0.112. The van der Waals surface area contributed by atoms with E-state index in [0.717, 1.165) is 11.3 Å². The average Bonchev–Trinajstić information content (AvgIpc) is 2.17. The molecule has 4 heteroatoms. The van der Waals surface area contributed by atoms with Crippen LogP contribution < -0.4 is 5.32 Å². The molecule has 74 valence electrons. The maximum Gasteiger partial charge on any atom is 0.222 e. The van der Waals surface area contributed by atoms with Gasteiger partial charge < -0.3 is 5.32 Å². The monoisotopic (exact) mass is 191 g/mol. The summed E-state index contributed by atoms with van der Waals surface area (Å²) in [6.45, 7) is 3.37. The molecule has 0 atom stereocenters. The molecule has 0 saturated heterocycles. The zero-order valence-corrected chi connectivity index (χ0v) is 8.53. The summed E-state index contributed by atoms with van der Waals surface area (Å²) in [6, 6.07) is 1.77. The van der Waals surface area contributed by atoms with Crippen LogP contribution in [0.1, 0.15) is 19.5 Å². The quantitative estimate of drug-likeness (QED) is 0.736. The van der Waals surface area contributed by atoms with Crippen LogP contribution in [0.2, 0.25) is 0 Å². The Bertz CT molecular complexity index is 371. The van der Waals surface area contributed by atoms with Gasteiger partial charge in [0.2, 0.25) is 5.95 Å². The van der Waals surface area contributed by atoms with E-state index in [1.165, 1.54) is 6.92 Å². The fourth-order valence-electron chi connectivity index (χ4n) is 1.08. The van der Waals surface area contributed by atoms with Crippen LogP contribution in [0.5, 0.6) is 0 Å². The predicted octanol–water partition coefficient (Wildman–Crippen LogP) is 1.51. The van der Waals surface area contributed by atoms with Crippen LogP contribution in [0, 0.1) is 0 Å². The van der Waals surface area contributed by atoms with Crippen LogP contribution in [0.4, 0.5) is 5.95 Å². The Kier molecular flexibility index (Phi) is 3.34. The SMILES string of the molecule is CNc1nccc(C(C)=CC(C)=O)n1. The summed E-state index contributed by atoms with van der Waals surface area (Å²) in [5.74, 6) is 0.575. The summed E-state index contributed by atoms with van der Waals surface area (Å²) in [5.41, 5.74) is 1.61. The molecule has 0 amide bonds. The molecule has 0 aliphatic rings. The molecular formula is C10H13N3O. The molecule has 0 spiro atoms. The smallest absolute Gasteiger partial charge is 0.222 e. The second-order valence-electron chi connectivity index (χ2n) is 2.95. The zero-order valence-electron chi connectivity index (χ0n) is 8.53. The number of aromatic nitrogens is 2. The van der Waals surface area contributed by atoms with Gasteiger partial charge in [-0.1, -0.05) is 0 Å². The van der Waals surface area contributed by atoms with Gasteiger partial charge in [-0.3, -0.25) is 4.79 Å². The van der Waals surface area contributed by atoms with Crippen LogP contribution in [0.3, 0.4) is 0 Å². The third kappa shape index (κ3) is 2.65. The summed E-state index contributed by atoms with van der Waals surface area (Å²) in [4.78, 5) is 19.0. The fraction of sp³-hybridized carbons (Fsp3) is 0.300. The third-order valence-corrected chi connectivity index (χ3v) is 1.70. The Labute approximate surface area is 83.1 Å². The molecule has 14 heavy (non-hydrogen) atoms. The van der Waals surface area contributed by atoms with Crippen molar-refractivity contribution in [1.29, 1.82) is 0 Å². The predicted molar refractivity (Wildman–Crippen MR) is 55.9 cm³/mol. The highest BCUT2D eigenvalue weighted by Gasteiger charge is 2.00. The van der Waals surface area contributed by atoms with E-state index in [0.29, 0.717) is 5.95 Å². The number of ketones is 1. The summed E-state index contributed by atoms with van der Waals surface area (Å²) in [5, 5.41) is 2.84. The van der Waals surface area contributed by atoms with Crippen molar-refractivity contribution in [3.8, 4) is 0 Å². The van der Waals surface area contributed by atoms with Gasteiger partial charge in [0.25, 0.3) is 0 Å². The lowest BCUT2D eigenvalue weighted by atomic mass is 10.2. The summed E-state index contributed by atoms with van der Waals surface area (Å²) in [7, 11) is 1.75. The minimum Gasteiger partial charge on any atom is -0.357 e. The van der Waals surface area contributed by atoms with Gasteiger partial charge >= 0.3 is 0 Å². The normalized spacial score (nSPS) is 11.2. The lowest BCUT2D eigenvalue weighted by Gasteiger charge is -2.02. The average molecular weight is 191 g/mol.